The van der Waals surface area contributed by atoms with E-state index in [1.54, 1.807) is 0 Å². The molecule has 0 aliphatic heterocycles. The Morgan fingerprint density at radius 2 is 2.30 bits per heavy atom. The average molecular weight is 277 g/mol. The highest BCUT2D eigenvalue weighted by molar-refractivity contribution is 5.13. The van der Waals surface area contributed by atoms with Gasteiger partial charge in [0.15, 0.2) is 0 Å². The third-order valence-corrected chi connectivity index (χ3v) is 5.44. The first-order valence-electron chi connectivity index (χ1n) is 7.95. The van der Waals surface area contributed by atoms with E-state index in [1.165, 1.54) is 31.2 Å². The fraction of sp³-hybridized carbons (Fsp3) is 0.812. The molecule has 2 saturated carbocycles. The molecular formula is C16H27N3O. The molecule has 0 bridgehead atoms. The van der Waals surface area contributed by atoms with Crippen molar-refractivity contribution in [2.24, 2.45) is 12.5 Å². The van der Waals surface area contributed by atoms with Gasteiger partial charge in [0.25, 0.3) is 0 Å². The molecule has 0 N–H and O–H groups in total. The molecule has 2 aliphatic carbocycles. The Bertz CT molecular complexity index is 452. The SMILES string of the molecule is CCO[C@@H]1C[C@H](N(C)CCc2cnn(C)c2)C12CCC2. The van der Waals surface area contributed by atoms with E-state index in [1.807, 2.05) is 17.9 Å². The Morgan fingerprint density at radius 3 is 2.85 bits per heavy atom. The molecule has 3 rings (SSSR count). The highest BCUT2D eigenvalue weighted by atomic mass is 16.5. The summed E-state index contributed by atoms with van der Waals surface area (Å²) < 4.78 is 7.83. The first kappa shape index (κ1) is 14.1. The number of aryl methyl sites for hydroxylation is 1. The maximum absolute atomic E-state index is 5.94. The molecule has 20 heavy (non-hydrogen) atoms. The maximum Gasteiger partial charge on any atom is 0.0661 e. The fourth-order valence-corrected chi connectivity index (χ4v) is 4.08. The van der Waals surface area contributed by atoms with Crippen molar-refractivity contribution >= 4 is 0 Å². The van der Waals surface area contributed by atoms with Crippen LogP contribution in [0.1, 0.15) is 38.2 Å². The van der Waals surface area contributed by atoms with Gasteiger partial charge in [0.2, 0.25) is 0 Å². The lowest BCUT2D eigenvalue weighted by molar-refractivity contribution is -0.199. The van der Waals surface area contributed by atoms with E-state index in [0.29, 0.717) is 11.5 Å². The van der Waals surface area contributed by atoms with E-state index in [9.17, 15) is 0 Å². The Labute approximate surface area is 122 Å². The van der Waals surface area contributed by atoms with Crippen LogP contribution in [0.25, 0.3) is 0 Å². The van der Waals surface area contributed by atoms with Crippen molar-refractivity contribution in [1.29, 1.82) is 0 Å². The van der Waals surface area contributed by atoms with Crippen LogP contribution in [0.3, 0.4) is 0 Å². The van der Waals surface area contributed by atoms with Crippen molar-refractivity contribution in [1.82, 2.24) is 14.7 Å². The molecule has 2 fully saturated rings. The van der Waals surface area contributed by atoms with Crippen LogP contribution in [-0.2, 0) is 18.2 Å². The summed E-state index contributed by atoms with van der Waals surface area (Å²) in [7, 11) is 4.26. The summed E-state index contributed by atoms with van der Waals surface area (Å²) in [4.78, 5) is 2.56. The Balaban J connectivity index is 1.54. The molecule has 2 aliphatic rings. The average Bonchev–Trinajstić information content (AvgIpc) is 2.75. The van der Waals surface area contributed by atoms with Crippen molar-refractivity contribution in [3.05, 3.63) is 18.0 Å². The van der Waals surface area contributed by atoms with Gasteiger partial charge in [-0.3, -0.25) is 4.68 Å². The normalized spacial score (nSPS) is 27.6. The first-order chi connectivity index (χ1) is 9.65. The molecule has 0 saturated heterocycles. The molecule has 4 heteroatoms. The molecule has 0 unspecified atom stereocenters. The van der Waals surface area contributed by atoms with Crippen molar-refractivity contribution in [2.75, 3.05) is 20.2 Å². The lowest BCUT2D eigenvalue weighted by Gasteiger charge is -2.63. The zero-order chi connectivity index (χ0) is 14.2. The second-order valence-electron chi connectivity index (χ2n) is 6.54. The first-order valence-corrected chi connectivity index (χ1v) is 7.95. The van der Waals surface area contributed by atoms with E-state index in [2.05, 4.69) is 30.2 Å². The van der Waals surface area contributed by atoms with Crippen LogP contribution >= 0.6 is 0 Å². The summed E-state index contributed by atoms with van der Waals surface area (Å²) in [5, 5.41) is 4.24. The van der Waals surface area contributed by atoms with Crippen LogP contribution in [0.4, 0.5) is 0 Å². The predicted octanol–water partition coefficient (Wildman–Crippen LogP) is 2.24. The lowest BCUT2D eigenvalue weighted by atomic mass is 9.50. The van der Waals surface area contributed by atoms with E-state index in [4.69, 9.17) is 4.74 Å². The number of nitrogens with zero attached hydrogens (tertiary/aromatic N) is 3. The third kappa shape index (κ3) is 2.29. The zero-order valence-electron chi connectivity index (χ0n) is 13.0. The van der Waals surface area contributed by atoms with Crippen LogP contribution in [-0.4, -0.2) is 47.0 Å². The minimum absolute atomic E-state index is 0.486. The molecule has 0 aromatic carbocycles. The lowest BCUT2D eigenvalue weighted by Crippen LogP contribution is -2.67. The van der Waals surface area contributed by atoms with Crippen molar-refractivity contribution in [2.45, 2.75) is 51.2 Å². The third-order valence-electron chi connectivity index (χ3n) is 5.44. The summed E-state index contributed by atoms with van der Waals surface area (Å²) in [5.74, 6) is 0. The molecule has 2 atom stereocenters. The Hall–Kier alpha value is -0.870. The van der Waals surface area contributed by atoms with Crippen LogP contribution in [0.5, 0.6) is 0 Å². The summed E-state index contributed by atoms with van der Waals surface area (Å²) in [6.07, 6.45) is 11.0. The van der Waals surface area contributed by atoms with Crippen molar-refractivity contribution < 1.29 is 4.74 Å². The van der Waals surface area contributed by atoms with Gasteiger partial charge in [0.05, 0.1) is 12.3 Å². The topological polar surface area (TPSA) is 30.3 Å². The molecule has 4 nitrogen and oxygen atoms in total. The highest BCUT2D eigenvalue weighted by Gasteiger charge is 2.59. The molecule has 112 valence electrons. The number of ether oxygens (including phenoxy) is 1. The van der Waals surface area contributed by atoms with Crippen molar-refractivity contribution in [3.8, 4) is 0 Å². The monoisotopic (exact) mass is 277 g/mol. The van der Waals surface area contributed by atoms with Gasteiger partial charge in [-0.2, -0.15) is 5.10 Å². The second kappa shape index (κ2) is 5.49. The van der Waals surface area contributed by atoms with Gasteiger partial charge in [0.1, 0.15) is 0 Å². The van der Waals surface area contributed by atoms with Gasteiger partial charge in [-0.05, 0) is 45.2 Å². The van der Waals surface area contributed by atoms with Crippen LogP contribution in [0.15, 0.2) is 12.4 Å². The van der Waals surface area contributed by atoms with E-state index < -0.39 is 0 Å². The minimum Gasteiger partial charge on any atom is -0.378 e. The van der Waals surface area contributed by atoms with Gasteiger partial charge in [-0.25, -0.2) is 0 Å². The van der Waals surface area contributed by atoms with Crippen molar-refractivity contribution in [3.63, 3.8) is 0 Å². The van der Waals surface area contributed by atoms with Gasteiger partial charge < -0.3 is 9.64 Å². The highest BCUT2D eigenvalue weighted by Crippen LogP contribution is 2.58. The molecule has 0 radical (unpaired) electrons. The Kier molecular flexibility index (Phi) is 3.87. The van der Waals surface area contributed by atoms with Crippen LogP contribution in [0, 0.1) is 5.41 Å². The van der Waals surface area contributed by atoms with Gasteiger partial charge in [-0.15, -0.1) is 0 Å². The number of aromatic nitrogens is 2. The minimum atomic E-state index is 0.486. The smallest absolute Gasteiger partial charge is 0.0661 e. The molecule has 1 spiro atoms. The van der Waals surface area contributed by atoms with Crippen LogP contribution in [0.2, 0.25) is 0 Å². The molecule has 1 aromatic heterocycles. The predicted molar refractivity (Wildman–Crippen MR) is 79.6 cm³/mol. The summed E-state index contributed by atoms with van der Waals surface area (Å²) in [5.41, 5.74) is 1.82. The largest absolute Gasteiger partial charge is 0.378 e. The van der Waals surface area contributed by atoms with E-state index >= 15 is 0 Å². The second-order valence-corrected chi connectivity index (χ2v) is 6.54. The Morgan fingerprint density at radius 1 is 1.50 bits per heavy atom. The molecule has 1 heterocycles. The fourth-order valence-electron chi connectivity index (χ4n) is 4.08. The molecule has 0 amide bonds. The van der Waals surface area contributed by atoms with Gasteiger partial charge in [0, 0.05) is 37.9 Å². The number of hydrogen-bond acceptors (Lipinski definition) is 3. The summed E-state index contributed by atoms with van der Waals surface area (Å²) in [6, 6.07) is 0.726. The maximum atomic E-state index is 5.94. The molecule has 1 aromatic rings. The van der Waals surface area contributed by atoms with Gasteiger partial charge in [-0.1, -0.05) is 6.42 Å². The quantitative estimate of drug-likeness (QED) is 0.799. The van der Waals surface area contributed by atoms with Crippen LogP contribution < -0.4 is 0 Å². The number of likely N-dealkylation sites (N-methyl/N-ethyl adjacent to an activating group) is 1. The van der Waals surface area contributed by atoms with E-state index in [-0.39, 0.29) is 0 Å². The summed E-state index contributed by atoms with van der Waals surface area (Å²) >= 11 is 0. The van der Waals surface area contributed by atoms with Gasteiger partial charge >= 0.3 is 0 Å². The summed E-state index contributed by atoms with van der Waals surface area (Å²) in [6.45, 7) is 4.10. The zero-order valence-corrected chi connectivity index (χ0v) is 13.0. The number of hydrogen-bond donors (Lipinski definition) is 0. The van der Waals surface area contributed by atoms with E-state index in [0.717, 1.165) is 25.6 Å². The molecular weight excluding hydrogens is 250 g/mol. The standard InChI is InChI=1S/C16H27N3O/c1-4-20-15-10-14(16(15)7-5-8-16)18(2)9-6-13-11-17-19(3)12-13/h11-12,14-15H,4-10H2,1-3H3/t14-,15+/m0/s1. The number of rotatable bonds is 6.